The Morgan fingerprint density at radius 1 is 1.04 bits per heavy atom. The second-order valence-corrected chi connectivity index (χ2v) is 4.52. The fourth-order valence-corrected chi connectivity index (χ4v) is 2.06. The second kappa shape index (κ2) is 6.50. The Morgan fingerprint density at radius 3 is 2.61 bits per heavy atom. The van der Waals surface area contributed by atoms with E-state index in [1.54, 1.807) is 24.5 Å². The van der Waals surface area contributed by atoms with Crippen LogP contribution in [0.4, 0.5) is 0 Å². The number of H-pyrrole nitrogens is 1. The number of aromatic amines is 1. The molecule has 0 spiro atoms. The fourth-order valence-electron chi connectivity index (χ4n) is 2.06. The largest absolute Gasteiger partial charge is 0.481 e. The van der Waals surface area contributed by atoms with Gasteiger partial charge in [0.25, 0.3) is 0 Å². The van der Waals surface area contributed by atoms with Gasteiger partial charge in [0, 0.05) is 6.07 Å². The lowest BCUT2D eigenvalue weighted by Gasteiger charge is -2.10. The van der Waals surface area contributed by atoms with E-state index < -0.39 is 0 Å². The van der Waals surface area contributed by atoms with Gasteiger partial charge in [-0.2, -0.15) is 10.2 Å². The van der Waals surface area contributed by atoms with Crippen LogP contribution in [0.1, 0.15) is 0 Å². The molecule has 3 aromatic rings. The van der Waals surface area contributed by atoms with Crippen molar-refractivity contribution < 1.29 is 9.47 Å². The number of hydrogen-bond donors (Lipinski definition) is 1. The van der Waals surface area contributed by atoms with E-state index in [1.165, 1.54) is 0 Å². The van der Waals surface area contributed by atoms with Crippen LogP contribution in [0.2, 0.25) is 0 Å². The highest BCUT2D eigenvalue weighted by molar-refractivity contribution is 5.79. The number of fused-ring (bicyclic) bond motifs is 1. The molecule has 0 bridgehead atoms. The van der Waals surface area contributed by atoms with E-state index in [4.69, 9.17) is 22.3 Å². The SMILES string of the molecule is C#CCOc1ccc(-c2nc3cnncc3[nH]2)c(OCC#C)c1. The van der Waals surface area contributed by atoms with Crippen molar-refractivity contribution in [2.75, 3.05) is 13.2 Å². The quantitative estimate of drug-likeness (QED) is 0.730. The summed E-state index contributed by atoms with van der Waals surface area (Å²) in [6.07, 6.45) is 13.7. The van der Waals surface area contributed by atoms with Crippen LogP contribution in [0.15, 0.2) is 30.6 Å². The molecule has 6 nitrogen and oxygen atoms in total. The molecule has 0 aliphatic carbocycles. The van der Waals surface area contributed by atoms with Crippen LogP contribution >= 0.6 is 0 Å². The van der Waals surface area contributed by atoms with Crippen molar-refractivity contribution in [3.8, 4) is 47.6 Å². The molecule has 0 aliphatic heterocycles. The van der Waals surface area contributed by atoms with Crippen molar-refractivity contribution in [1.29, 1.82) is 0 Å². The fraction of sp³-hybridized carbons (Fsp3) is 0.118. The zero-order chi connectivity index (χ0) is 16.1. The maximum atomic E-state index is 5.60. The highest BCUT2D eigenvalue weighted by Gasteiger charge is 2.13. The van der Waals surface area contributed by atoms with Crippen LogP contribution < -0.4 is 9.47 Å². The van der Waals surface area contributed by atoms with Crippen LogP contribution in [0.5, 0.6) is 11.5 Å². The lowest BCUT2D eigenvalue weighted by atomic mass is 10.2. The number of rotatable bonds is 5. The summed E-state index contributed by atoms with van der Waals surface area (Å²) in [5.74, 6) is 6.63. The summed E-state index contributed by atoms with van der Waals surface area (Å²) in [5, 5.41) is 7.63. The number of benzene rings is 1. The molecule has 0 atom stereocenters. The number of hydrogen-bond acceptors (Lipinski definition) is 5. The van der Waals surface area contributed by atoms with Crippen molar-refractivity contribution in [2.45, 2.75) is 0 Å². The van der Waals surface area contributed by atoms with Gasteiger partial charge in [-0.1, -0.05) is 11.8 Å². The number of aromatic nitrogens is 4. The molecule has 2 aromatic heterocycles. The Bertz CT molecular complexity index is 885. The molecule has 1 aromatic carbocycles. The third-order valence-corrected chi connectivity index (χ3v) is 3.04. The predicted octanol–water partition coefficient (Wildman–Crippen LogP) is 2.04. The van der Waals surface area contributed by atoms with E-state index in [-0.39, 0.29) is 13.2 Å². The van der Waals surface area contributed by atoms with E-state index in [0.717, 1.165) is 11.1 Å². The normalized spacial score (nSPS) is 10.0. The van der Waals surface area contributed by atoms with Crippen molar-refractivity contribution in [3.05, 3.63) is 30.6 Å². The van der Waals surface area contributed by atoms with Crippen LogP contribution in [0.3, 0.4) is 0 Å². The van der Waals surface area contributed by atoms with Crippen LogP contribution in [-0.2, 0) is 0 Å². The Labute approximate surface area is 132 Å². The Morgan fingerprint density at radius 2 is 1.83 bits per heavy atom. The summed E-state index contributed by atoms with van der Waals surface area (Å²) in [7, 11) is 0. The summed E-state index contributed by atoms with van der Waals surface area (Å²) in [5.41, 5.74) is 2.25. The van der Waals surface area contributed by atoms with Gasteiger partial charge in [0.2, 0.25) is 0 Å². The van der Waals surface area contributed by atoms with Gasteiger partial charge in [0.05, 0.1) is 23.5 Å². The number of imidazole rings is 1. The molecule has 0 radical (unpaired) electrons. The minimum atomic E-state index is 0.134. The molecule has 0 unspecified atom stereocenters. The summed E-state index contributed by atoms with van der Waals surface area (Å²) < 4.78 is 11.0. The minimum absolute atomic E-state index is 0.134. The Balaban J connectivity index is 2.02. The molecule has 0 aliphatic rings. The minimum Gasteiger partial charge on any atom is -0.481 e. The molecule has 0 amide bonds. The van der Waals surface area contributed by atoms with Gasteiger partial charge in [-0.25, -0.2) is 4.98 Å². The van der Waals surface area contributed by atoms with Crippen LogP contribution in [-0.4, -0.2) is 33.4 Å². The van der Waals surface area contributed by atoms with E-state index >= 15 is 0 Å². The monoisotopic (exact) mass is 304 g/mol. The zero-order valence-electron chi connectivity index (χ0n) is 12.1. The third-order valence-electron chi connectivity index (χ3n) is 3.04. The molecule has 112 valence electrons. The van der Waals surface area contributed by atoms with E-state index in [1.807, 2.05) is 6.07 Å². The van der Waals surface area contributed by atoms with Crippen molar-refractivity contribution in [1.82, 2.24) is 20.2 Å². The third kappa shape index (κ3) is 3.07. The lowest BCUT2D eigenvalue weighted by molar-refractivity contribution is 0.352. The molecular formula is C17H12N4O2. The highest BCUT2D eigenvalue weighted by Crippen LogP contribution is 2.32. The molecule has 6 heteroatoms. The Hall–Kier alpha value is -3.51. The summed E-state index contributed by atoms with van der Waals surface area (Å²) in [6.45, 7) is 0.310. The predicted molar refractivity (Wildman–Crippen MR) is 85.8 cm³/mol. The number of nitrogens with zero attached hydrogens (tertiary/aromatic N) is 3. The molecule has 23 heavy (non-hydrogen) atoms. The van der Waals surface area contributed by atoms with E-state index in [2.05, 4.69) is 32.0 Å². The number of ether oxygens (including phenoxy) is 2. The van der Waals surface area contributed by atoms with Crippen LogP contribution in [0.25, 0.3) is 22.4 Å². The van der Waals surface area contributed by atoms with E-state index in [0.29, 0.717) is 22.8 Å². The van der Waals surface area contributed by atoms with Gasteiger partial charge in [-0.3, -0.25) is 0 Å². The standard InChI is InChI=1S/C17H12N4O2/c1-3-7-22-12-5-6-13(16(9-12)23-8-4-2)17-20-14-10-18-19-11-15(14)21-17/h1-2,5-6,9-11H,7-8H2,(H,20,21). The molecule has 2 heterocycles. The molecule has 3 rings (SSSR count). The maximum Gasteiger partial charge on any atom is 0.148 e. The molecule has 0 saturated heterocycles. The van der Waals surface area contributed by atoms with Gasteiger partial charge in [-0.05, 0) is 12.1 Å². The first-order valence-corrected chi connectivity index (χ1v) is 6.75. The lowest BCUT2D eigenvalue weighted by Crippen LogP contribution is -1.99. The van der Waals surface area contributed by atoms with Gasteiger partial charge >= 0.3 is 0 Å². The average Bonchev–Trinajstić information content (AvgIpc) is 3.02. The van der Waals surface area contributed by atoms with Crippen molar-refractivity contribution >= 4 is 11.0 Å². The van der Waals surface area contributed by atoms with Crippen molar-refractivity contribution in [2.24, 2.45) is 0 Å². The molecular weight excluding hydrogens is 292 g/mol. The first-order valence-electron chi connectivity index (χ1n) is 6.75. The Kier molecular flexibility index (Phi) is 4.08. The van der Waals surface area contributed by atoms with E-state index in [9.17, 15) is 0 Å². The van der Waals surface area contributed by atoms with Gasteiger partial charge in [-0.15, -0.1) is 12.8 Å². The first-order chi connectivity index (χ1) is 11.3. The average molecular weight is 304 g/mol. The smallest absolute Gasteiger partial charge is 0.148 e. The molecule has 0 saturated carbocycles. The van der Waals surface area contributed by atoms with Gasteiger partial charge < -0.3 is 14.5 Å². The maximum absolute atomic E-state index is 5.60. The summed E-state index contributed by atoms with van der Waals surface area (Å²) in [4.78, 5) is 7.65. The van der Waals surface area contributed by atoms with Gasteiger partial charge in [0.1, 0.15) is 36.1 Å². The van der Waals surface area contributed by atoms with Crippen molar-refractivity contribution in [3.63, 3.8) is 0 Å². The molecule has 1 N–H and O–H groups in total. The number of nitrogens with one attached hydrogen (secondary N) is 1. The summed E-state index contributed by atoms with van der Waals surface area (Å²) in [6, 6.07) is 5.35. The molecule has 0 fully saturated rings. The highest BCUT2D eigenvalue weighted by atomic mass is 16.5. The topological polar surface area (TPSA) is 72.9 Å². The summed E-state index contributed by atoms with van der Waals surface area (Å²) >= 11 is 0. The zero-order valence-corrected chi connectivity index (χ0v) is 12.1. The second-order valence-electron chi connectivity index (χ2n) is 4.52. The number of terminal acetylenes is 2. The van der Waals surface area contributed by atoms with Gasteiger partial charge in [0.15, 0.2) is 0 Å². The van der Waals surface area contributed by atoms with Crippen LogP contribution in [0, 0.1) is 24.7 Å². The first kappa shape index (κ1) is 14.4.